The molecule has 0 aromatic carbocycles. The second-order valence-electron chi connectivity index (χ2n) is 4.79. The highest BCUT2D eigenvalue weighted by Crippen LogP contribution is 2.14. The number of amides is 1. The summed E-state index contributed by atoms with van der Waals surface area (Å²) in [6, 6.07) is 4.41. The number of carbonyl (C=O) groups is 2. The van der Waals surface area contributed by atoms with Crippen molar-refractivity contribution in [2.24, 2.45) is 7.05 Å². The molecule has 1 aliphatic rings. The highest BCUT2D eigenvalue weighted by Gasteiger charge is 2.33. The molecule has 1 aromatic rings. The Kier molecular flexibility index (Phi) is 3.89. The number of hydrogen-bond donors (Lipinski definition) is 1. The SMILES string of the molecule is C[C@@H]1CN(C(=O)c2cccc(=O)n2C)CC(C(=O)O)O1. The van der Waals surface area contributed by atoms with Crippen LogP contribution >= 0.6 is 0 Å². The van der Waals surface area contributed by atoms with Crippen LogP contribution in [0.1, 0.15) is 17.4 Å². The number of pyridine rings is 1. The lowest BCUT2D eigenvalue weighted by Crippen LogP contribution is -2.52. The Balaban J connectivity index is 2.26. The van der Waals surface area contributed by atoms with Gasteiger partial charge in [-0.2, -0.15) is 0 Å². The van der Waals surface area contributed by atoms with Gasteiger partial charge in [0, 0.05) is 19.7 Å². The van der Waals surface area contributed by atoms with Crippen molar-refractivity contribution in [2.45, 2.75) is 19.1 Å². The van der Waals surface area contributed by atoms with E-state index in [2.05, 4.69) is 0 Å². The summed E-state index contributed by atoms with van der Waals surface area (Å²) in [5.74, 6) is -1.47. The molecule has 1 fully saturated rings. The highest BCUT2D eigenvalue weighted by molar-refractivity contribution is 5.93. The lowest BCUT2D eigenvalue weighted by molar-refractivity contribution is -0.160. The van der Waals surface area contributed by atoms with E-state index in [1.807, 2.05) is 0 Å². The lowest BCUT2D eigenvalue weighted by atomic mass is 10.2. The Bertz CT molecular complexity index is 595. The van der Waals surface area contributed by atoms with Crippen LogP contribution in [-0.4, -0.2) is 51.7 Å². The number of carbonyl (C=O) groups excluding carboxylic acids is 1. The van der Waals surface area contributed by atoms with Gasteiger partial charge in [0.25, 0.3) is 11.5 Å². The number of carboxylic acids is 1. The molecule has 2 atom stereocenters. The number of morpholine rings is 1. The summed E-state index contributed by atoms with van der Waals surface area (Å²) in [5.41, 5.74) is -0.0531. The third kappa shape index (κ3) is 2.72. The second-order valence-corrected chi connectivity index (χ2v) is 4.79. The molecule has 2 rings (SSSR count). The molecule has 0 aliphatic carbocycles. The van der Waals surface area contributed by atoms with Gasteiger partial charge in [0.15, 0.2) is 6.10 Å². The van der Waals surface area contributed by atoms with Crippen LogP contribution in [-0.2, 0) is 16.6 Å². The number of hydrogen-bond acceptors (Lipinski definition) is 4. The van der Waals surface area contributed by atoms with Gasteiger partial charge < -0.3 is 19.3 Å². The molecule has 0 radical (unpaired) electrons. The molecule has 1 unspecified atom stereocenters. The topological polar surface area (TPSA) is 88.8 Å². The molecule has 1 amide bonds. The fraction of sp³-hybridized carbons (Fsp3) is 0.462. The fourth-order valence-corrected chi connectivity index (χ4v) is 2.19. The summed E-state index contributed by atoms with van der Waals surface area (Å²) >= 11 is 0. The zero-order valence-electron chi connectivity index (χ0n) is 11.3. The van der Waals surface area contributed by atoms with Crippen molar-refractivity contribution in [1.29, 1.82) is 0 Å². The van der Waals surface area contributed by atoms with Crippen molar-refractivity contribution < 1.29 is 19.4 Å². The zero-order chi connectivity index (χ0) is 14.9. The van der Waals surface area contributed by atoms with E-state index in [-0.39, 0.29) is 29.8 Å². The molecule has 0 saturated carbocycles. The summed E-state index contributed by atoms with van der Waals surface area (Å²) in [6.45, 7) is 1.98. The molecule has 0 spiro atoms. The van der Waals surface area contributed by atoms with E-state index >= 15 is 0 Å². The zero-order valence-corrected chi connectivity index (χ0v) is 11.3. The number of aromatic nitrogens is 1. The van der Waals surface area contributed by atoms with Gasteiger partial charge in [0.1, 0.15) is 5.69 Å². The summed E-state index contributed by atoms with van der Waals surface area (Å²) in [4.78, 5) is 36.4. The minimum atomic E-state index is -1.10. The molecule has 2 heterocycles. The van der Waals surface area contributed by atoms with E-state index in [9.17, 15) is 14.4 Å². The Morgan fingerprint density at radius 2 is 2.05 bits per heavy atom. The predicted octanol–water partition coefficient (Wildman–Crippen LogP) is -0.301. The average Bonchev–Trinajstić information content (AvgIpc) is 2.40. The fourth-order valence-electron chi connectivity index (χ4n) is 2.19. The van der Waals surface area contributed by atoms with Crippen LogP contribution in [0, 0.1) is 0 Å². The van der Waals surface area contributed by atoms with Gasteiger partial charge in [-0.25, -0.2) is 4.79 Å². The maximum absolute atomic E-state index is 12.4. The van der Waals surface area contributed by atoms with Gasteiger partial charge in [-0.15, -0.1) is 0 Å². The molecule has 7 heteroatoms. The van der Waals surface area contributed by atoms with Crippen LogP contribution in [0.2, 0.25) is 0 Å². The van der Waals surface area contributed by atoms with Crippen molar-refractivity contribution in [3.63, 3.8) is 0 Å². The van der Waals surface area contributed by atoms with E-state index in [1.165, 1.54) is 28.6 Å². The van der Waals surface area contributed by atoms with Crippen molar-refractivity contribution in [2.75, 3.05) is 13.1 Å². The van der Waals surface area contributed by atoms with Crippen molar-refractivity contribution in [3.8, 4) is 0 Å². The van der Waals surface area contributed by atoms with E-state index < -0.39 is 12.1 Å². The molecular formula is C13H16N2O5. The van der Waals surface area contributed by atoms with Gasteiger partial charge in [-0.05, 0) is 13.0 Å². The summed E-state index contributed by atoms with van der Waals surface area (Å²) < 4.78 is 6.50. The largest absolute Gasteiger partial charge is 0.479 e. The second kappa shape index (κ2) is 5.46. The molecule has 0 bridgehead atoms. The van der Waals surface area contributed by atoms with E-state index in [1.54, 1.807) is 13.0 Å². The van der Waals surface area contributed by atoms with E-state index in [0.717, 1.165) is 0 Å². The van der Waals surface area contributed by atoms with Crippen LogP contribution in [0.5, 0.6) is 0 Å². The first kappa shape index (κ1) is 14.3. The number of carboxylic acid groups (broad SMARTS) is 1. The number of nitrogens with zero attached hydrogens (tertiary/aromatic N) is 2. The maximum Gasteiger partial charge on any atom is 0.334 e. The van der Waals surface area contributed by atoms with Gasteiger partial charge in [0.2, 0.25) is 0 Å². The van der Waals surface area contributed by atoms with Crippen LogP contribution < -0.4 is 5.56 Å². The first-order valence-corrected chi connectivity index (χ1v) is 6.23. The Morgan fingerprint density at radius 1 is 1.35 bits per heavy atom. The molecule has 20 heavy (non-hydrogen) atoms. The first-order chi connectivity index (χ1) is 9.40. The van der Waals surface area contributed by atoms with Gasteiger partial charge in [0.05, 0.1) is 12.6 Å². The predicted molar refractivity (Wildman–Crippen MR) is 69.6 cm³/mol. The van der Waals surface area contributed by atoms with Gasteiger partial charge >= 0.3 is 5.97 Å². The number of rotatable bonds is 2. The monoisotopic (exact) mass is 280 g/mol. The van der Waals surface area contributed by atoms with Crippen molar-refractivity contribution >= 4 is 11.9 Å². The minimum Gasteiger partial charge on any atom is -0.479 e. The van der Waals surface area contributed by atoms with Gasteiger partial charge in [-0.1, -0.05) is 6.07 Å². The summed E-state index contributed by atoms with van der Waals surface area (Å²) in [7, 11) is 1.51. The third-order valence-corrected chi connectivity index (χ3v) is 3.23. The van der Waals surface area contributed by atoms with Crippen molar-refractivity contribution in [1.82, 2.24) is 9.47 Å². The molecule has 1 aromatic heterocycles. The standard InChI is InChI=1S/C13H16N2O5/c1-8-6-15(7-10(20-8)13(18)19)12(17)9-4-3-5-11(16)14(9)2/h3-5,8,10H,6-7H2,1-2H3,(H,18,19)/t8-,10?/m1/s1. The molecule has 108 valence electrons. The van der Waals surface area contributed by atoms with E-state index in [0.29, 0.717) is 6.54 Å². The minimum absolute atomic E-state index is 0.0262. The van der Waals surface area contributed by atoms with Crippen LogP contribution in [0.25, 0.3) is 0 Å². The maximum atomic E-state index is 12.4. The molecule has 1 N–H and O–H groups in total. The molecular weight excluding hydrogens is 264 g/mol. The summed E-state index contributed by atoms with van der Waals surface area (Å²) in [5, 5.41) is 9.01. The quantitative estimate of drug-likeness (QED) is 0.803. The first-order valence-electron chi connectivity index (χ1n) is 6.23. The molecule has 7 nitrogen and oxygen atoms in total. The van der Waals surface area contributed by atoms with Gasteiger partial charge in [-0.3, -0.25) is 9.59 Å². The van der Waals surface area contributed by atoms with Crippen LogP contribution in [0.3, 0.4) is 0 Å². The third-order valence-electron chi connectivity index (χ3n) is 3.23. The Labute approximate surface area is 115 Å². The normalized spacial score (nSPS) is 22.6. The Hall–Kier alpha value is -2.15. The molecule has 1 aliphatic heterocycles. The van der Waals surface area contributed by atoms with Crippen LogP contribution in [0.4, 0.5) is 0 Å². The van der Waals surface area contributed by atoms with E-state index in [4.69, 9.17) is 9.84 Å². The lowest BCUT2D eigenvalue weighted by Gasteiger charge is -2.35. The highest BCUT2D eigenvalue weighted by atomic mass is 16.5. The smallest absolute Gasteiger partial charge is 0.334 e. The number of aliphatic carboxylic acids is 1. The number of ether oxygens (including phenoxy) is 1. The average molecular weight is 280 g/mol. The van der Waals surface area contributed by atoms with Crippen molar-refractivity contribution in [3.05, 3.63) is 34.2 Å². The summed E-state index contributed by atoms with van der Waals surface area (Å²) in [6.07, 6.45) is -1.40. The molecule has 1 saturated heterocycles. The van der Waals surface area contributed by atoms with Crippen LogP contribution in [0.15, 0.2) is 23.0 Å². The Morgan fingerprint density at radius 3 is 2.70 bits per heavy atom.